The van der Waals surface area contributed by atoms with Crippen LogP contribution in [0.4, 0.5) is 4.39 Å². The van der Waals surface area contributed by atoms with Crippen LogP contribution in [0.15, 0.2) is 12.1 Å². The smallest absolute Gasteiger partial charge is 0.399 e. The van der Waals surface area contributed by atoms with Gasteiger partial charge in [0, 0.05) is 5.56 Å². The predicted octanol–water partition coefficient (Wildman–Crippen LogP) is 1.86. The van der Waals surface area contributed by atoms with Crippen molar-refractivity contribution in [2.24, 2.45) is 0 Å². The van der Waals surface area contributed by atoms with Crippen LogP contribution in [-0.4, -0.2) is 24.7 Å². The van der Waals surface area contributed by atoms with Crippen LogP contribution in [0.1, 0.15) is 51.3 Å². The molecule has 0 spiro atoms. The van der Waals surface area contributed by atoms with Gasteiger partial charge in [0.05, 0.1) is 17.2 Å². The van der Waals surface area contributed by atoms with E-state index < -0.39 is 18.3 Å². The molecule has 1 aliphatic heterocycles. The molecule has 2 aliphatic rings. The summed E-state index contributed by atoms with van der Waals surface area (Å²) in [6.07, 6.45) is 2.03. The summed E-state index contributed by atoms with van der Waals surface area (Å²) >= 11 is 0. The van der Waals surface area contributed by atoms with Gasteiger partial charge in [-0.25, -0.2) is 4.39 Å². The molecule has 1 atom stereocenters. The predicted molar refractivity (Wildman–Crippen MR) is 82.4 cm³/mol. The van der Waals surface area contributed by atoms with Crippen molar-refractivity contribution in [2.45, 2.75) is 57.8 Å². The molecule has 4 nitrogen and oxygen atoms in total. The molecule has 118 valence electrons. The Bertz CT molecular complexity index is 602. The van der Waals surface area contributed by atoms with Gasteiger partial charge in [-0.15, -0.1) is 0 Å². The topological polar surface area (TPSA) is 47.6 Å². The lowest BCUT2D eigenvalue weighted by Gasteiger charge is -2.32. The largest absolute Gasteiger partial charge is 0.495 e. The van der Waals surface area contributed by atoms with Crippen LogP contribution in [0.2, 0.25) is 0 Å². The minimum Gasteiger partial charge on any atom is -0.399 e. The zero-order valence-corrected chi connectivity index (χ0v) is 13.4. The molecule has 0 bridgehead atoms. The van der Waals surface area contributed by atoms with Crippen LogP contribution in [0, 0.1) is 5.82 Å². The SMILES string of the molecule is CC1(C)OB(c2ccc(F)c3c2CCC3NC=O)OC1(C)C. The third kappa shape index (κ3) is 2.25. The summed E-state index contributed by atoms with van der Waals surface area (Å²) in [5.74, 6) is -0.285. The molecule has 1 amide bonds. The molecule has 6 heteroatoms. The van der Waals surface area contributed by atoms with Gasteiger partial charge in [-0.1, -0.05) is 6.07 Å². The molecule has 1 unspecified atom stereocenters. The highest BCUT2D eigenvalue weighted by Crippen LogP contribution is 2.38. The number of amides is 1. The molecule has 3 rings (SSSR count). The maximum Gasteiger partial charge on any atom is 0.495 e. The third-order valence-electron chi connectivity index (χ3n) is 5.15. The van der Waals surface area contributed by atoms with E-state index in [9.17, 15) is 9.18 Å². The van der Waals surface area contributed by atoms with Crippen molar-refractivity contribution in [2.75, 3.05) is 0 Å². The fraction of sp³-hybridized carbons (Fsp3) is 0.562. The zero-order valence-electron chi connectivity index (χ0n) is 13.4. The first-order valence-corrected chi connectivity index (χ1v) is 7.63. The van der Waals surface area contributed by atoms with Crippen molar-refractivity contribution in [3.8, 4) is 0 Å². The van der Waals surface area contributed by atoms with Gasteiger partial charge in [-0.05, 0) is 57.6 Å². The molecule has 0 saturated carbocycles. The first-order valence-electron chi connectivity index (χ1n) is 7.63. The number of carbonyl (C=O) groups excluding carboxylic acids is 1. The second kappa shape index (κ2) is 5.06. The van der Waals surface area contributed by atoms with Crippen molar-refractivity contribution < 1.29 is 18.5 Å². The average molecular weight is 305 g/mol. The second-order valence-corrected chi connectivity index (χ2v) is 6.99. The minimum absolute atomic E-state index is 0.269. The molecule has 1 aliphatic carbocycles. The average Bonchev–Trinajstić information content (AvgIpc) is 2.91. The Kier molecular flexibility index (Phi) is 3.57. The first kappa shape index (κ1) is 15.5. The monoisotopic (exact) mass is 305 g/mol. The van der Waals surface area contributed by atoms with E-state index in [4.69, 9.17) is 9.31 Å². The van der Waals surface area contributed by atoms with E-state index >= 15 is 0 Å². The number of fused-ring (bicyclic) bond motifs is 1. The van der Waals surface area contributed by atoms with Crippen LogP contribution >= 0.6 is 0 Å². The second-order valence-electron chi connectivity index (χ2n) is 6.99. The normalized spacial score (nSPS) is 25.1. The number of hydrogen-bond acceptors (Lipinski definition) is 3. The van der Waals surface area contributed by atoms with Crippen molar-refractivity contribution in [3.05, 3.63) is 29.1 Å². The summed E-state index contributed by atoms with van der Waals surface area (Å²) in [5.41, 5.74) is 1.47. The number of carbonyl (C=O) groups is 1. The maximum atomic E-state index is 14.2. The van der Waals surface area contributed by atoms with Crippen molar-refractivity contribution in [3.63, 3.8) is 0 Å². The number of rotatable bonds is 3. The Hall–Kier alpha value is -1.40. The van der Waals surface area contributed by atoms with Gasteiger partial charge in [-0.2, -0.15) is 0 Å². The Balaban J connectivity index is 2.00. The molecule has 0 aromatic heterocycles. The molecule has 1 aromatic carbocycles. The highest BCUT2D eigenvalue weighted by Gasteiger charge is 2.52. The van der Waals surface area contributed by atoms with Gasteiger partial charge in [0.1, 0.15) is 5.82 Å². The first-order chi connectivity index (χ1) is 10.3. The lowest BCUT2D eigenvalue weighted by atomic mass is 9.75. The van der Waals surface area contributed by atoms with Crippen molar-refractivity contribution in [1.29, 1.82) is 0 Å². The van der Waals surface area contributed by atoms with E-state index in [-0.39, 0.29) is 11.9 Å². The van der Waals surface area contributed by atoms with E-state index in [0.29, 0.717) is 24.8 Å². The fourth-order valence-corrected chi connectivity index (χ4v) is 3.18. The van der Waals surface area contributed by atoms with Crippen LogP contribution in [-0.2, 0) is 20.5 Å². The number of benzene rings is 1. The van der Waals surface area contributed by atoms with E-state index in [0.717, 1.165) is 11.0 Å². The molecular weight excluding hydrogens is 284 g/mol. The third-order valence-corrected chi connectivity index (χ3v) is 5.15. The lowest BCUT2D eigenvalue weighted by molar-refractivity contribution is -0.110. The van der Waals surface area contributed by atoms with Crippen LogP contribution < -0.4 is 10.8 Å². The summed E-state index contributed by atoms with van der Waals surface area (Å²) in [6.45, 7) is 7.97. The maximum absolute atomic E-state index is 14.2. The molecule has 1 heterocycles. The molecule has 1 aromatic rings. The fourth-order valence-electron chi connectivity index (χ4n) is 3.18. The van der Waals surface area contributed by atoms with Gasteiger partial charge < -0.3 is 14.6 Å². The van der Waals surface area contributed by atoms with Crippen LogP contribution in [0.5, 0.6) is 0 Å². The standard InChI is InChI=1S/C16H21BFNO3/c1-15(2)16(3,4)22-17(21-15)11-6-7-12(18)14-10(11)5-8-13(14)19-9-20/h6-7,9,13H,5,8H2,1-4H3,(H,19,20). The number of halogens is 1. The minimum atomic E-state index is -0.505. The van der Waals surface area contributed by atoms with E-state index in [1.807, 2.05) is 27.7 Å². The molecule has 0 radical (unpaired) electrons. The molecule has 1 saturated heterocycles. The quantitative estimate of drug-likeness (QED) is 0.685. The van der Waals surface area contributed by atoms with E-state index in [1.165, 1.54) is 6.07 Å². The van der Waals surface area contributed by atoms with Crippen LogP contribution in [0.25, 0.3) is 0 Å². The molecular formula is C16H21BFNO3. The van der Waals surface area contributed by atoms with Gasteiger partial charge in [0.25, 0.3) is 0 Å². The molecule has 1 fully saturated rings. The summed E-state index contributed by atoms with van der Waals surface area (Å²) in [7, 11) is -0.505. The number of nitrogens with one attached hydrogen (secondary N) is 1. The van der Waals surface area contributed by atoms with Crippen molar-refractivity contribution in [1.82, 2.24) is 5.32 Å². The van der Waals surface area contributed by atoms with Gasteiger partial charge in [-0.3, -0.25) is 4.79 Å². The summed E-state index contributed by atoms with van der Waals surface area (Å²) in [5, 5.41) is 2.69. The van der Waals surface area contributed by atoms with E-state index in [1.54, 1.807) is 6.07 Å². The molecule has 22 heavy (non-hydrogen) atoms. The molecule has 1 N–H and O–H groups in total. The van der Waals surface area contributed by atoms with Gasteiger partial charge in [0.15, 0.2) is 0 Å². The Morgan fingerprint density at radius 2 is 1.91 bits per heavy atom. The van der Waals surface area contributed by atoms with Gasteiger partial charge in [0.2, 0.25) is 6.41 Å². The Morgan fingerprint density at radius 1 is 1.27 bits per heavy atom. The van der Waals surface area contributed by atoms with Crippen LogP contribution in [0.3, 0.4) is 0 Å². The summed E-state index contributed by atoms with van der Waals surface area (Å²) in [6, 6.07) is 2.90. The van der Waals surface area contributed by atoms with Crippen molar-refractivity contribution >= 4 is 19.0 Å². The summed E-state index contributed by atoms with van der Waals surface area (Å²) < 4.78 is 26.3. The Morgan fingerprint density at radius 3 is 2.50 bits per heavy atom. The summed E-state index contributed by atoms with van der Waals surface area (Å²) in [4.78, 5) is 10.7. The van der Waals surface area contributed by atoms with E-state index in [2.05, 4.69) is 5.32 Å². The highest BCUT2D eigenvalue weighted by atomic mass is 19.1. The Labute approximate surface area is 130 Å². The zero-order chi connectivity index (χ0) is 16.1. The highest BCUT2D eigenvalue weighted by molar-refractivity contribution is 6.62. The number of hydrogen-bond donors (Lipinski definition) is 1. The van der Waals surface area contributed by atoms with Gasteiger partial charge >= 0.3 is 7.12 Å². The lowest BCUT2D eigenvalue weighted by Crippen LogP contribution is -2.41.